The van der Waals surface area contributed by atoms with Gasteiger partial charge in [-0.2, -0.15) is 0 Å². The molecule has 0 atom stereocenters. The van der Waals surface area contributed by atoms with Crippen molar-refractivity contribution in [2.45, 2.75) is 45.8 Å². The summed E-state index contributed by atoms with van der Waals surface area (Å²) in [6.07, 6.45) is 3.46. The molecule has 0 bridgehead atoms. The third-order valence-corrected chi connectivity index (χ3v) is 7.09. The highest BCUT2D eigenvalue weighted by Gasteiger charge is 2.38. The lowest BCUT2D eigenvalue weighted by molar-refractivity contribution is -0.660. The number of hydrogen-bond donors (Lipinski definition) is 0. The fraction of sp³-hybridized carbons (Fsp3) is 0.267. The summed E-state index contributed by atoms with van der Waals surface area (Å²) in [5, 5.41) is 1.79. The Balaban J connectivity index is 1.66. The van der Waals surface area contributed by atoms with Gasteiger partial charge in [-0.15, -0.1) is 0 Å². The quantitative estimate of drug-likeness (QED) is 0.271. The predicted octanol–water partition coefficient (Wildman–Crippen LogP) is 7.21. The van der Waals surface area contributed by atoms with Crippen LogP contribution in [0, 0.1) is 6.92 Å². The molecule has 3 heteroatoms. The average molecular weight is 441 g/mol. The Morgan fingerprint density at radius 3 is 2.73 bits per heavy atom. The molecule has 33 heavy (non-hydrogen) atoms. The molecule has 0 N–H and O–H groups in total. The second-order valence-corrected chi connectivity index (χ2v) is 9.42. The van der Waals surface area contributed by atoms with Gasteiger partial charge in [0.05, 0.1) is 10.9 Å². The van der Waals surface area contributed by atoms with Crippen LogP contribution in [0.2, 0.25) is 0 Å². The molecule has 6 rings (SSSR count). The van der Waals surface area contributed by atoms with Crippen LogP contribution in [0.5, 0.6) is 0 Å². The van der Waals surface area contributed by atoms with Crippen LogP contribution in [0.25, 0.3) is 44.5 Å². The molecule has 0 saturated carbocycles. The maximum Gasteiger partial charge on any atom is 0.227 e. The molecule has 0 amide bonds. The lowest BCUT2D eigenvalue weighted by atomic mass is 9.81. The summed E-state index contributed by atoms with van der Waals surface area (Å²) in [5.41, 5.74) is 7.36. The van der Waals surface area contributed by atoms with Crippen LogP contribution in [0.3, 0.4) is 0 Å². The van der Waals surface area contributed by atoms with Gasteiger partial charge < -0.3 is 4.42 Å². The summed E-state index contributed by atoms with van der Waals surface area (Å²) in [5.74, 6) is -2.81. The monoisotopic (exact) mass is 440 g/mol. The van der Waals surface area contributed by atoms with Crippen molar-refractivity contribution in [2.75, 3.05) is 0 Å². The Labute approximate surface area is 204 Å². The minimum absolute atomic E-state index is 0.108. The van der Waals surface area contributed by atoms with Crippen LogP contribution in [0.1, 0.15) is 65.3 Å². The first-order valence-electron chi connectivity index (χ1n) is 14.5. The first-order valence-corrected chi connectivity index (χ1v) is 11.0. The number of aryl methyl sites for hydroxylation is 2. The van der Waals surface area contributed by atoms with E-state index in [0.29, 0.717) is 22.6 Å². The van der Waals surface area contributed by atoms with Crippen LogP contribution in [-0.4, -0.2) is 4.98 Å². The minimum Gasteiger partial charge on any atom is -0.437 e. The molecule has 3 nitrogen and oxygen atoms in total. The van der Waals surface area contributed by atoms with Crippen LogP contribution >= 0.6 is 0 Å². The van der Waals surface area contributed by atoms with Gasteiger partial charge in [-0.3, -0.25) is 0 Å². The molecule has 0 unspecified atom stereocenters. The molecule has 3 aromatic heterocycles. The molecule has 164 valence electrons. The third kappa shape index (κ3) is 2.68. The predicted molar refractivity (Wildman–Crippen MR) is 135 cm³/mol. The highest BCUT2D eigenvalue weighted by atomic mass is 16.3. The Hall–Kier alpha value is -3.46. The van der Waals surface area contributed by atoms with E-state index in [2.05, 4.69) is 26.0 Å². The molecule has 1 aliphatic carbocycles. The largest absolute Gasteiger partial charge is 0.437 e. The maximum absolute atomic E-state index is 8.72. The van der Waals surface area contributed by atoms with Crippen molar-refractivity contribution in [3.8, 4) is 22.4 Å². The summed E-state index contributed by atoms with van der Waals surface area (Å²) in [6, 6.07) is 15.2. The zero-order chi connectivity index (χ0) is 29.0. The van der Waals surface area contributed by atoms with E-state index in [1.54, 1.807) is 17.8 Å². The molecule has 0 saturated heterocycles. The summed E-state index contributed by atoms with van der Waals surface area (Å²) in [7, 11) is 1.80. The number of hydrogen-bond acceptors (Lipinski definition) is 2. The number of pyridine rings is 2. The van der Waals surface area contributed by atoms with Gasteiger partial charge in [-0.25, -0.2) is 9.55 Å². The van der Waals surface area contributed by atoms with E-state index < -0.39 is 19.6 Å². The van der Waals surface area contributed by atoms with Crippen molar-refractivity contribution in [2.24, 2.45) is 7.05 Å². The number of nitrogens with zero attached hydrogens (tertiary/aromatic N) is 2. The molecule has 1 aliphatic rings. The second-order valence-electron chi connectivity index (χ2n) is 9.42. The van der Waals surface area contributed by atoms with Crippen molar-refractivity contribution in [1.29, 1.82) is 0 Å². The molecule has 5 aromatic rings. The van der Waals surface area contributed by atoms with E-state index in [1.807, 2.05) is 37.4 Å². The second kappa shape index (κ2) is 6.77. The lowest BCUT2D eigenvalue weighted by Crippen LogP contribution is -2.31. The fourth-order valence-corrected chi connectivity index (χ4v) is 5.44. The maximum atomic E-state index is 8.72. The Bertz CT molecular complexity index is 1830. The Kier molecular flexibility index (Phi) is 2.86. The number of fused-ring (bicyclic) bond motifs is 7. The van der Waals surface area contributed by atoms with Gasteiger partial charge in [0.25, 0.3) is 0 Å². The molecule has 0 aliphatic heterocycles. The van der Waals surface area contributed by atoms with Gasteiger partial charge in [0.1, 0.15) is 7.05 Å². The number of furan rings is 1. The van der Waals surface area contributed by atoms with Crippen LogP contribution < -0.4 is 4.57 Å². The number of aromatic nitrogens is 2. The summed E-state index contributed by atoms with van der Waals surface area (Å²) in [6.45, 7) is 0.160. The van der Waals surface area contributed by atoms with Gasteiger partial charge in [0, 0.05) is 44.3 Å². The number of rotatable bonds is 2. The highest BCUT2D eigenvalue weighted by molar-refractivity contribution is 6.13. The van der Waals surface area contributed by atoms with Crippen molar-refractivity contribution in [1.82, 2.24) is 4.98 Å². The first kappa shape index (κ1) is 13.9. The summed E-state index contributed by atoms with van der Waals surface area (Å²) >= 11 is 0. The number of benzene rings is 2. The summed E-state index contributed by atoms with van der Waals surface area (Å²) < 4.78 is 64.8. The van der Waals surface area contributed by atoms with Crippen LogP contribution in [0.15, 0.2) is 65.3 Å². The van der Waals surface area contributed by atoms with Gasteiger partial charge >= 0.3 is 0 Å². The molecule has 0 spiro atoms. The zero-order valence-corrected chi connectivity index (χ0v) is 19.1. The Morgan fingerprint density at radius 1 is 1.09 bits per heavy atom. The van der Waals surface area contributed by atoms with Gasteiger partial charge in [-0.1, -0.05) is 63.9 Å². The highest BCUT2D eigenvalue weighted by Crippen LogP contribution is 2.52. The van der Waals surface area contributed by atoms with Crippen molar-refractivity contribution >= 4 is 22.1 Å². The van der Waals surface area contributed by atoms with E-state index in [0.717, 1.165) is 33.0 Å². The topological polar surface area (TPSA) is 29.9 Å². The third-order valence-electron chi connectivity index (χ3n) is 7.09. The fourth-order valence-electron chi connectivity index (χ4n) is 5.44. The van der Waals surface area contributed by atoms with Gasteiger partial charge in [-0.05, 0) is 40.6 Å². The van der Waals surface area contributed by atoms with E-state index in [4.69, 9.17) is 19.0 Å². The van der Waals surface area contributed by atoms with Crippen LogP contribution in [-0.2, 0) is 12.5 Å². The van der Waals surface area contributed by atoms with Gasteiger partial charge in [0.2, 0.25) is 11.4 Å². The molecule has 3 heterocycles. The van der Waals surface area contributed by atoms with Crippen molar-refractivity contribution < 1.29 is 18.6 Å². The van der Waals surface area contributed by atoms with E-state index >= 15 is 0 Å². The summed E-state index contributed by atoms with van der Waals surface area (Å²) in [4.78, 5) is 4.71. The first-order chi connectivity index (χ1) is 18.6. The van der Waals surface area contributed by atoms with Crippen LogP contribution in [0.4, 0.5) is 0 Å². The average Bonchev–Trinajstić information content (AvgIpc) is 3.35. The normalized spacial score (nSPS) is 18.5. The van der Waals surface area contributed by atoms with E-state index in [9.17, 15) is 0 Å². The smallest absolute Gasteiger partial charge is 0.227 e. The van der Waals surface area contributed by atoms with Crippen molar-refractivity contribution in [3.05, 3.63) is 83.2 Å². The minimum atomic E-state index is -3.08. The molecule has 2 aromatic carbocycles. The molecular weight excluding hydrogens is 404 g/mol. The Morgan fingerprint density at radius 2 is 1.91 bits per heavy atom. The van der Waals surface area contributed by atoms with E-state index in [-0.39, 0.29) is 11.0 Å². The SMILES string of the molecule is [2H]C([2H])([2H])C([2H])(c1cc[n+](C)c(-c2c(C)ccc3c2oc2ncc4c(c23)C(C)(C)c2ccccc2-4)c1)C([2H])([2H])[2H]. The molecule has 0 radical (unpaired) electrons. The van der Waals surface area contributed by atoms with Gasteiger partial charge in [0.15, 0.2) is 11.8 Å². The standard InChI is InChI=1S/C30H29N2O/c1-17(2)19-13-14-32(6)24(15-19)25-18(3)11-12-21-26-27-22(16-31-29(26)33-28(21)25)20-9-7-8-10-23(20)30(27,4)5/h7-17H,1-6H3/q+1/i1D3,2D3,17D. The van der Waals surface area contributed by atoms with Crippen molar-refractivity contribution in [3.63, 3.8) is 0 Å². The lowest BCUT2D eigenvalue weighted by Gasteiger charge is -2.22. The zero-order valence-electron chi connectivity index (χ0n) is 26.1. The van der Waals surface area contributed by atoms with E-state index in [1.165, 1.54) is 17.7 Å². The molecular formula is C30H29N2O+. The molecule has 0 fully saturated rings.